The number of rotatable bonds is 4. The number of fused-ring (bicyclic) bond motifs is 1. The van der Waals surface area contributed by atoms with Crippen LogP contribution < -0.4 is 16.6 Å². The summed E-state index contributed by atoms with van der Waals surface area (Å²) in [6, 6.07) is 15.5. The molecule has 2 aromatic heterocycles. The summed E-state index contributed by atoms with van der Waals surface area (Å²) in [5, 5.41) is 4.03. The van der Waals surface area contributed by atoms with Crippen LogP contribution >= 0.6 is 0 Å². The maximum absolute atomic E-state index is 13.5. The van der Waals surface area contributed by atoms with E-state index in [-0.39, 0.29) is 11.5 Å². The average molecular weight is 439 g/mol. The molecule has 0 aliphatic rings. The van der Waals surface area contributed by atoms with E-state index in [0.717, 1.165) is 5.56 Å². The van der Waals surface area contributed by atoms with Crippen molar-refractivity contribution < 1.29 is 13.2 Å². The van der Waals surface area contributed by atoms with Crippen LogP contribution in [0.2, 0.25) is 0 Å². The lowest BCUT2D eigenvalue weighted by atomic mass is 10.0. The number of alkyl halides is 3. The van der Waals surface area contributed by atoms with Crippen LogP contribution in [0.15, 0.2) is 65.6 Å². The Morgan fingerprint density at radius 2 is 1.81 bits per heavy atom. The summed E-state index contributed by atoms with van der Waals surface area (Å²) in [7, 11) is 0. The highest BCUT2D eigenvalue weighted by Gasteiger charge is 2.35. The van der Waals surface area contributed by atoms with Gasteiger partial charge in [0, 0.05) is 17.6 Å². The number of nitrogens with zero attached hydrogens (tertiary/aromatic N) is 3. The van der Waals surface area contributed by atoms with E-state index in [4.69, 9.17) is 5.73 Å². The zero-order valence-corrected chi connectivity index (χ0v) is 17.3. The fraction of sp³-hybridized carbons (Fsp3) is 0.174. The molecule has 0 amide bonds. The van der Waals surface area contributed by atoms with Crippen molar-refractivity contribution in [2.45, 2.75) is 26.1 Å². The molecular weight excluding hydrogens is 419 g/mol. The first-order valence-electron chi connectivity index (χ1n) is 9.84. The van der Waals surface area contributed by atoms with Crippen molar-refractivity contribution >= 4 is 22.5 Å². The number of benzene rings is 2. The standard InChI is InChI=1S/C23H20F3N5O/c1-13-7-6-8-15-11-18(31(21(32)19(13)15)16-9-4-3-5-10-16)14(2)29-20-17(23(24,25)26)12-28-22(27)30-20/h3-12,14H,1-2H3,(H3,27,28,29,30)/t14-/m0/s1. The number of nitrogens with one attached hydrogen (secondary N) is 1. The second kappa shape index (κ2) is 7.99. The number of hydrogen-bond acceptors (Lipinski definition) is 5. The number of anilines is 2. The maximum Gasteiger partial charge on any atom is 0.421 e. The second-order valence-corrected chi connectivity index (χ2v) is 7.44. The van der Waals surface area contributed by atoms with Crippen LogP contribution in [0.4, 0.5) is 24.9 Å². The minimum absolute atomic E-state index is 0.256. The molecule has 164 valence electrons. The van der Waals surface area contributed by atoms with Gasteiger partial charge in [-0.1, -0.05) is 36.4 Å². The summed E-state index contributed by atoms with van der Waals surface area (Å²) in [6.07, 6.45) is -4.03. The highest BCUT2D eigenvalue weighted by Crippen LogP contribution is 2.35. The summed E-state index contributed by atoms with van der Waals surface area (Å²) in [4.78, 5) is 20.7. The predicted molar refractivity (Wildman–Crippen MR) is 118 cm³/mol. The van der Waals surface area contributed by atoms with Gasteiger partial charge in [0.25, 0.3) is 5.56 Å². The number of nitrogens with two attached hydrogens (primary N) is 1. The van der Waals surface area contributed by atoms with Gasteiger partial charge in [-0.3, -0.25) is 9.36 Å². The van der Waals surface area contributed by atoms with Crippen LogP contribution in [0.1, 0.15) is 29.8 Å². The van der Waals surface area contributed by atoms with Gasteiger partial charge >= 0.3 is 6.18 Å². The van der Waals surface area contributed by atoms with Crippen LogP contribution in [0.5, 0.6) is 0 Å². The second-order valence-electron chi connectivity index (χ2n) is 7.44. The Morgan fingerprint density at radius 3 is 2.50 bits per heavy atom. The first-order valence-corrected chi connectivity index (χ1v) is 9.84. The van der Waals surface area contributed by atoms with Crippen LogP contribution in [0.3, 0.4) is 0 Å². The van der Waals surface area contributed by atoms with Gasteiger partial charge in [-0.2, -0.15) is 18.2 Å². The number of para-hydroxylation sites is 1. The molecule has 4 aromatic rings. The van der Waals surface area contributed by atoms with Crippen molar-refractivity contribution in [3.05, 3.63) is 88.0 Å². The molecule has 2 aromatic carbocycles. The highest BCUT2D eigenvalue weighted by molar-refractivity contribution is 5.85. The Hall–Kier alpha value is -3.88. The van der Waals surface area contributed by atoms with E-state index in [1.54, 1.807) is 43.3 Å². The molecule has 0 spiro atoms. The zero-order valence-electron chi connectivity index (χ0n) is 17.3. The number of aromatic nitrogens is 3. The third-order valence-electron chi connectivity index (χ3n) is 5.21. The molecule has 4 rings (SSSR count). The van der Waals surface area contributed by atoms with Gasteiger partial charge in [0.1, 0.15) is 11.4 Å². The van der Waals surface area contributed by atoms with E-state index in [0.29, 0.717) is 28.4 Å². The molecule has 0 bridgehead atoms. The molecule has 6 nitrogen and oxygen atoms in total. The van der Waals surface area contributed by atoms with Crippen LogP contribution in [-0.2, 0) is 6.18 Å². The molecule has 3 N–H and O–H groups in total. The van der Waals surface area contributed by atoms with Gasteiger partial charge in [0.15, 0.2) is 0 Å². The van der Waals surface area contributed by atoms with Gasteiger partial charge in [-0.05, 0) is 43.0 Å². The first-order chi connectivity index (χ1) is 15.2. The molecule has 0 unspecified atom stereocenters. The summed E-state index contributed by atoms with van der Waals surface area (Å²) in [6.45, 7) is 3.51. The Labute approximate surface area is 181 Å². The number of hydrogen-bond donors (Lipinski definition) is 2. The topological polar surface area (TPSA) is 85.8 Å². The fourth-order valence-corrected chi connectivity index (χ4v) is 3.71. The van der Waals surface area contributed by atoms with E-state index in [2.05, 4.69) is 15.3 Å². The molecule has 32 heavy (non-hydrogen) atoms. The zero-order chi connectivity index (χ0) is 23.0. The Morgan fingerprint density at radius 1 is 1.09 bits per heavy atom. The molecule has 2 heterocycles. The molecule has 9 heteroatoms. The minimum atomic E-state index is -4.67. The molecular formula is C23H20F3N5O. The first kappa shape index (κ1) is 21.4. The van der Waals surface area contributed by atoms with Crippen molar-refractivity contribution in [1.29, 1.82) is 0 Å². The van der Waals surface area contributed by atoms with E-state index in [9.17, 15) is 18.0 Å². The lowest BCUT2D eigenvalue weighted by Crippen LogP contribution is -2.26. The lowest BCUT2D eigenvalue weighted by Gasteiger charge is -2.23. The molecule has 0 saturated carbocycles. The third-order valence-corrected chi connectivity index (χ3v) is 5.21. The Bertz CT molecular complexity index is 1350. The van der Waals surface area contributed by atoms with Crippen molar-refractivity contribution in [2.75, 3.05) is 11.1 Å². The minimum Gasteiger partial charge on any atom is -0.368 e. The number of pyridine rings is 1. The number of halogens is 3. The largest absolute Gasteiger partial charge is 0.421 e. The van der Waals surface area contributed by atoms with Gasteiger partial charge in [0.05, 0.1) is 11.4 Å². The smallest absolute Gasteiger partial charge is 0.368 e. The van der Waals surface area contributed by atoms with E-state index >= 15 is 0 Å². The number of aryl methyl sites for hydroxylation is 1. The summed E-state index contributed by atoms with van der Waals surface area (Å²) in [5.41, 5.74) is 6.13. The normalized spacial score (nSPS) is 12.7. The monoisotopic (exact) mass is 439 g/mol. The maximum atomic E-state index is 13.5. The van der Waals surface area contributed by atoms with E-state index in [1.807, 2.05) is 25.1 Å². The Balaban J connectivity index is 1.92. The van der Waals surface area contributed by atoms with E-state index < -0.39 is 23.6 Å². The SMILES string of the molecule is Cc1cccc2cc([C@H](C)Nc3nc(N)ncc3C(F)(F)F)n(-c3ccccc3)c(=O)c12. The average Bonchev–Trinajstić information content (AvgIpc) is 2.73. The van der Waals surface area contributed by atoms with Gasteiger partial charge in [-0.15, -0.1) is 0 Å². The third kappa shape index (κ3) is 3.89. The lowest BCUT2D eigenvalue weighted by molar-refractivity contribution is -0.137. The van der Waals surface area contributed by atoms with Gasteiger partial charge in [-0.25, -0.2) is 4.98 Å². The molecule has 0 fully saturated rings. The van der Waals surface area contributed by atoms with Gasteiger partial charge < -0.3 is 11.1 Å². The predicted octanol–water partition coefficient (Wildman–Crippen LogP) is 4.86. The summed E-state index contributed by atoms with van der Waals surface area (Å²) in [5.74, 6) is -0.740. The quantitative estimate of drug-likeness (QED) is 0.474. The summed E-state index contributed by atoms with van der Waals surface area (Å²) >= 11 is 0. The molecule has 0 aliphatic carbocycles. The van der Waals surface area contributed by atoms with Gasteiger partial charge in [0.2, 0.25) is 5.95 Å². The fourth-order valence-electron chi connectivity index (χ4n) is 3.71. The Kier molecular flexibility index (Phi) is 5.33. The number of nitrogen functional groups attached to an aromatic ring is 1. The molecule has 0 aliphatic heterocycles. The molecule has 1 atom stereocenters. The van der Waals surface area contributed by atoms with Crippen molar-refractivity contribution in [2.24, 2.45) is 0 Å². The van der Waals surface area contributed by atoms with Crippen molar-refractivity contribution in [3.8, 4) is 5.69 Å². The van der Waals surface area contributed by atoms with E-state index in [1.165, 1.54) is 4.57 Å². The highest BCUT2D eigenvalue weighted by atomic mass is 19.4. The summed E-state index contributed by atoms with van der Waals surface area (Å²) < 4.78 is 41.9. The molecule has 0 radical (unpaired) electrons. The van der Waals surface area contributed by atoms with Crippen molar-refractivity contribution in [3.63, 3.8) is 0 Å². The van der Waals surface area contributed by atoms with Crippen LogP contribution in [-0.4, -0.2) is 14.5 Å². The van der Waals surface area contributed by atoms with Crippen LogP contribution in [0.25, 0.3) is 16.5 Å². The molecule has 0 saturated heterocycles. The van der Waals surface area contributed by atoms with Crippen molar-refractivity contribution in [1.82, 2.24) is 14.5 Å². The van der Waals surface area contributed by atoms with Crippen LogP contribution in [0, 0.1) is 6.92 Å².